The molecule has 0 unspecified atom stereocenters. The van der Waals surface area contributed by atoms with E-state index in [0.717, 1.165) is 0 Å². The second kappa shape index (κ2) is 3.49. The number of aliphatic hydroxyl groups excluding tert-OH is 1. The molecule has 0 aliphatic rings. The van der Waals surface area contributed by atoms with Gasteiger partial charge in [-0.15, -0.1) is 0 Å². The monoisotopic (exact) mass is 155 g/mol. The molecule has 0 heterocycles. The van der Waals surface area contributed by atoms with Gasteiger partial charge in [0.25, 0.3) is 0 Å². The lowest BCUT2D eigenvalue weighted by Gasteiger charge is -2.21. The highest BCUT2D eigenvalue weighted by atomic mass is 16.3. The number of carbonyl (C=O) groups is 1. The van der Waals surface area contributed by atoms with Crippen LogP contribution in [0.25, 0.3) is 0 Å². The van der Waals surface area contributed by atoms with Crippen molar-refractivity contribution in [3.8, 4) is 6.07 Å². The van der Waals surface area contributed by atoms with E-state index in [9.17, 15) is 9.90 Å². The maximum absolute atomic E-state index is 10.5. The van der Waals surface area contributed by atoms with Crippen molar-refractivity contribution in [3.63, 3.8) is 0 Å². The highest BCUT2D eigenvalue weighted by Gasteiger charge is 2.28. The molecule has 0 saturated carbocycles. The predicted octanol–water partition coefficient (Wildman–Crippen LogP) is 0.876. The summed E-state index contributed by atoms with van der Waals surface area (Å²) in [6.07, 6.45) is -0.800. The smallest absolute Gasteiger partial charge is 0.132 e. The highest BCUT2D eigenvalue weighted by molar-refractivity contribution is 5.76. The summed E-state index contributed by atoms with van der Waals surface area (Å²) in [4.78, 5) is 10.5. The first-order chi connectivity index (χ1) is 4.90. The fourth-order valence-corrected chi connectivity index (χ4v) is 0.602. The van der Waals surface area contributed by atoms with E-state index in [-0.39, 0.29) is 12.2 Å². The van der Waals surface area contributed by atoms with Crippen molar-refractivity contribution in [2.45, 2.75) is 33.3 Å². The minimum atomic E-state index is -0.856. The summed E-state index contributed by atoms with van der Waals surface area (Å²) in [6.45, 7) is 4.62. The van der Waals surface area contributed by atoms with Crippen molar-refractivity contribution in [1.82, 2.24) is 0 Å². The highest BCUT2D eigenvalue weighted by Crippen LogP contribution is 2.21. The van der Waals surface area contributed by atoms with Crippen LogP contribution in [0.2, 0.25) is 0 Å². The Hall–Kier alpha value is -0.880. The minimum absolute atomic E-state index is 0.0561. The van der Waals surface area contributed by atoms with Crippen LogP contribution in [0.4, 0.5) is 0 Å². The number of nitriles is 1. The largest absolute Gasteiger partial charge is 0.391 e. The Balaban J connectivity index is 4.15. The molecule has 0 aromatic heterocycles. The molecule has 0 radical (unpaired) electrons. The summed E-state index contributed by atoms with van der Waals surface area (Å²) in [6, 6.07) is 1.94. The number of hydrogen-bond acceptors (Lipinski definition) is 3. The lowest BCUT2D eigenvalue weighted by molar-refractivity contribution is -0.119. The molecule has 0 rings (SSSR count). The summed E-state index contributed by atoms with van der Waals surface area (Å²) in [5.74, 6) is -0.0965. The molecule has 0 aliphatic heterocycles. The zero-order valence-corrected chi connectivity index (χ0v) is 7.09. The van der Waals surface area contributed by atoms with Crippen molar-refractivity contribution in [2.24, 2.45) is 5.41 Å². The Labute approximate surface area is 66.6 Å². The standard InChI is InChI=1S/C8H13NO2/c1-6(10)4-7(11)8(2,3)5-9/h7,11H,4H2,1-3H3/t7-/m0/s1. The second-order valence-electron chi connectivity index (χ2n) is 3.26. The van der Waals surface area contributed by atoms with Crippen molar-refractivity contribution in [3.05, 3.63) is 0 Å². The number of carbonyl (C=O) groups excluding carboxylic acids is 1. The van der Waals surface area contributed by atoms with Gasteiger partial charge in [0.2, 0.25) is 0 Å². The van der Waals surface area contributed by atoms with Gasteiger partial charge in [0.05, 0.1) is 17.6 Å². The van der Waals surface area contributed by atoms with Crippen molar-refractivity contribution >= 4 is 5.78 Å². The quantitative estimate of drug-likeness (QED) is 0.658. The van der Waals surface area contributed by atoms with Crippen LogP contribution in [0.3, 0.4) is 0 Å². The molecule has 0 aliphatic carbocycles. The fourth-order valence-electron chi connectivity index (χ4n) is 0.602. The van der Waals surface area contributed by atoms with Gasteiger partial charge in [0, 0.05) is 6.42 Å². The molecule has 0 saturated heterocycles. The zero-order valence-electron chi connectivity index (χ0n) is 7.09. The summed E-state index contributed by atoms with van der Waals surface area (Å²) in [5.41, 5.74) is -0.828. The topological polar surface area (TPSA) is 61.1 Å². The van der Waals surface area contributed by atoms with Crippen LogP contribution < -0.4 is 0 Å². The first kappa shape index (κ1) is 10.1. The number of Topliss-reactive ketones (excluding diaryl/α,β-unsaturated/α-hetero) is 1. The normalized spacial score (nSPS) is 13.7. The van der Waals surface area contributed by atoms with E-state index in [0.29, 0.717) is 0 Å². The number of ketones is 1. The van der Waals surface area contributed by atoms with Gasteiger partial charge in [-0.2, -0.15) is 5.26 Å². The molecule has 0 aromatic rings. The first-order valence-electron chi connectivity index (χ1n) is 3.49. The Morgan fingerprint density at radius 3 is 2.45 bits per heavy atom. The SMILES string of the molecule is CC(=O)C[C@H](O)C(C)(C)C#N. The van der Waals surface area contributed by atoms with Gasteiger partial charge < -0.3 is 5.11 Å². The zero-order chi connectivity index (χ0) is 9.07. The van der Waals surface area contributed by atoms with E-state index in [4.69, 9.17) is 5.26 Å². The molecule has 3 nitrogen and oxygen atoms in total. The number of nitrogens with zero attached hydrogens (tertiary/aromatic N) is 1. The number of hydrogen-bond donors (Lipinski definition) is 1. The lowest BCUT2D eigenvalue weighted by Crippen LogP contribution is -2.29. The van der Waals surface area contributed by atoms with Crippen LogP contribution >= 0.6 is 0 Å². The molecule has 0 bridgehead atoms. The van der Waals surface area contributed by atoms with Crippen LogP contribution in [0.15, 0.2) is 0 Å². The molecule has 1 N–H and O–H groups in total. The minimum Gasteiger partial charge on any atom is -0.391 e. The van der Waals surface area contributed by atoms with Gasteiger partial charge in [0.15, 0.2) is 0 Å². The van der Waals surface area contributed by atoms with E-state index in [2.05, 4.69) is 0 Å². The molecule has 11 heavy (non-hydrogen) atoms. The van der Waals surface area contributed by atoms with Crippen LogP contribution in [0, 0.1) is 16.7 Å². The number of aliphatic hydroxyl groups is 1. The Bertz CT molecular complexity index is 191. The van der Waals surface area contributed by atoms with E-state index in [1.165, 1.54) is 6.92 Å². The average molecular weight is 155 g/mol. The third kappa shape index (κ3) is 3.15. The summed E-state index contributed by atoms with van der Waals surface area (Å²) >= 11 is 0. The Kier molecular flexibility index (Phi) is 3.21. The van der Waals surface area contributed by atoms with E-state index in [1.54, 1.807) is 13.8 Å². The summed E-state index contributed by atoms with van der Waals surface area (Å²) < 4.78 is 0. The maximum atomic E-state index is 10.5. The molecular formula is C8H13NO2. The fraction of sp³-hybridized carbons (Fsp3) is 0.750. The molecule has 62 valence electrons. The van der Waals surface area contributed by atoms with Crippen LogP contribution in [0.5, 0.6) is 0 Å². The van der Waals surface area contributed by atoms with Crippen molar-refractivity contribution in [1.29, 1.82) is 5.26 Å². The van der Waals surface area contributed by atoms with E-state index < -0.39 is 11.5 Å². The van der Waals surface area contributed by atoms with Gasteiger partial charge in [-0.1, -0.05) is 0 Å². The molecule has 0 fully saturated rings. The van der Waals surface area contributed by atoms with Gasteiger partial charge >= 0.3 is 0 Å². The van der Waals surface area contributed by atoms with E-state index in [1.807, 2.05) is 6.07 Å². The van der Waals surface area contributed by atoms with E-state index >= 15 is 0 Å². The Morgan fingerprint density at radius 2 is 2.18 bits per heavy atom. The maximum Gasteiger partial charge on any atom is 0.132 e. The molecule has 1 atom stereocenters. The van der Waals surface area contributed by atoms with Crippen LogP contribution in [0.1, 0.15) is 27.2 Å². The van der Waals surface area contributed by atoms with Gasteiger partial charge in [-0.25, -0.2) is 0 Å². The number of rotatable bonds is 3. The third-order valence-electron chi connectivity index (χ3n) is 1.60. The second-order valence-corrected chi connectivity index (χ2v) is 3.26. The molecule has 0 amide bonds. The van der Waals surface area contributed by atoms with Crippen LogP contribution in [-0.2, 0) is 4.79 Å². The van der Waals surface area contributed by atoms with Crippen molar-refractivity contribution in [2.75, 3.05) is 0 Å². The molecule has 0 aromatic carbocycles. The van der Waals surface area contributed by atoms with Gasteiger partial charge in [-0.3, -0.25) is 4.79 Å². The first-order valence-corrected chi connectivity index (χ1v) is 3.49. The van der Waals surface area contributed by atoms with Gasteiger partial charge in [-0.05, 0) is 20.8 Å². The van der Waals surface area contributed by atoms with Crippen molar-refractivity contribution < 1.29 is 9.90 Å². The van der Waals surface area contributed by atoms with Gasteiger partial charge in [0.1, 0.15) is 5.78 Å². The predicted molar refractivity (Wildman–Crippen MR) is 40.7 cm³/mol. The third-order valence-corrected chi connectivity index (χ3v) is 1.60. The lowest BCUT2D eigenvalue weighted by atomic mass is 9.86. The summed E-state index contributed by atoms with van der Waals surface area (Å²) in [5, 5.41) is 17.9. The molecule has 3 heteroatoms. The molecule has 0 spiro atoms. The average Bonchev–Trinajstić information content (AvgIpc) is 1.86. The summed E-state index contributed by atoms with van der Waals surface area (Å²) in [7, 11) is 0. The molecular weight excluding hydrogens is 142 g/mol. The Morgan fingerprint density at radius 1 is 1.73 bits per heavy atom. The van der Waals surface area contributed by atoms with Crippen LogP contribution in [-0.4, -0.2) is 17.0 Å².